The van der Waals surface area contributed by atoms with E-state index in [0.717, 1.165) is 22.7 Å². The van der Waals surface area contributed by atoms with E-state index in [2.05, 4.69) is 56.4 Å². The molecule has 5 nitrogen and oxygen atoms in total. The number of aryl methyl sites for hydroxylation is 1. The molecule has 1 aliphatic heterocycles. The summed E-state index contributed by atoms with van der Waals surface area (Å²) in [5.41, 5.74) is 5.02. The number of hydrogen-bond donors (Lipinski definition) is 1. The van der Waals surface area contributed by atoms with Crippen molar-refractivity contribution < 1.29 is 18.9 Å². The number of benzene rings is 3. The fourth-order valence-electron chi connectivity index (χ4n) is 4.28. The lowest BCUT2D eigenvalue weighted by Crippen LogP contribution is -2.50. The molecule has 4 rings (SSSR count). The zero-order valence-corrected chi connectivity index (χ0v) is 20.1. The number of rotatable bonds is 8. The van der Waals surface area contributed by atoms with Gasteiger partial charge in [0.1, 0.15) is 29.3 Å². The van der Waals surface area contributed by atoms with Gasteiger partial charge in [0.25, 0.3) is 0 Å². The number of methoxy groups -OCH3 is 2. The summed E-state index contributed by atoms with van der Waals surface area (Å²) in [6, 6.07) is 22.5. The van der Waals surface area contributed by atoms with Gasteiger partial charge >= 0.3 is 0 Å². The molecule has 0 saturated carbocycles. The van der Waals surface area contributed by atoms with Crippen LogP contribution in [0.2, 0.25) is 0 Å². The van der Waals surface area contributed by atoms with Crippen molar-refractivity contribution in [1.82, 2.24) is 0 Å². The summed E-state index contributed by atoms with van der Waals surface area (Å²) < 4.78 is 24.0. The maximum atomic E-state index is 6.43. The van der Waals surface area contributed by atoms with Crippen molar-refractivity contribution in [3.05, 3.63) is 89.0 Å². The number of hydrogen-bond acceptors (Lipinski definition) is 5. The Bertz CT molecular complexity index is 1080. The molecule has 0 radical (unpaired) electrons. The average molecular weight is 448 g/mol. The van der Waals surface area contributed by atoms with Gasteiger partial charge < -0.3 is 24.3 Å². The maximum absolute atomic E-state index is 6.43. The van der Waals surface area contributed by atoms with E-state index in [0.29, 0.717) is 13.2 Å². The van der Waals surface area contributed by atoms with E-state index in [-0.39, 0.29) is 12.2 Å². The summed E-state index contributed by atoms with van der Waals surface area (Å²) in [7, 11) is 3.41. The first-order chi connectivity index (χ1) is 15.9. The average Bonchev–Trinajstić information content (AvgIpc) is 2.82. The third-order valence-electron chi connectivity index (χ3n) is 6.24. The monoisotopic (exact) mass is 447 g/mol. The Morgan fingerprint density at radius 2 is 1.73 bits per heavy atom. The molecule has 3 aromatic rings. The van der Waals surface area contributed by atoms with Crippen LogP contribution >= 0.6 is 0 Å². The highest BCUT2D eigenvalue weighted by atomic mass is 16.6. The van der Waals surface area contributed by atoms with Gasteiger partial charge in [-0.05, 0) is 67.8 Å². The number of anilines is 1. The third-order valence-corrected chi connectivity index (χ3v) is 6.24. The van der Waals surface area contributed by atoms with Crippen molar-refractivity contribution in [3.8, 4) is 11.5 Å². The van der Waals surface area contributed by atoms with Crippen LogP contribution in [0.15, 0.2) is 66.7 Å². The Hall–Kier alpha value is -3.02. The molecule has 0 amide bonds. The standard InChI is InChI=1S/C28H33NO4/c1-19-8-6-7-9-21(19)18-32-27-26(31-5)24-16-22(12-15-25(24)33-28(27,2)3)29-17-20-10-13-23(30-4)14-11-20/h6-16,26-27,29H,17-18H2,1-5H3. The van der Waals surface area contributed by atoms with Crippen molar-refractivity contribution >= 4 is 5.69 Å². The Morgan fingerprint density at radius 1 is 0.970 bits per heavy atom. The summed E-state index contributed by atoms with van der Waals surface area (Å²) in [4.78, 5) is 0. The molecule has 3 aromatic carbocycles. The molecule has 2 atom stereocenters. The first kappa shape index (κ1) is 23.1. The van der Waals surface area contributed by atoms with E-state index >= 15 is 0 Å². The molecule has 0 aliphatic carbocycles. The molecular formula is C28H33NO4. The minimum absolute atomic E-state index is 0.240. The van der Waals surface area contributed by atoms with Crippen molar-refractivity contribution in [2.45, 2.75) is 51.7 Å². The van der Waals surface area contributed by atoms with Gasteiger partial charge in [0.2, 0.25) is 0 Å². The van der Waals surface area contributed by atoms with Gasteiger partial charge in [-0.2, -0.15) is 0 Å². The van der Waals surface area contributed by atoms with Gasteiger partial charge in [0.05, 0.1) is 13.7 Å². The van der Waals surface area contributed by atoms with Crippen molar-refractivity contribution in [2.75, 3.05) is 19.5 Å². The second kappa shape index (κ2) is 9.86. The van der Waals surface area contributed by atoms with Crippen molar-refractivity contribution in [1.29, 1.82) is 0 Å². The smallest absolute Gasteiger partial charge is 0.132 e. The van der Waals surface area contributed by atoms with Crippen LogP contribution in [0.1, 0.15) is 42.2 Å². The van der Waals surface area contributed by atoms with Crippen LogP contribution < -0.4 is 14.8 Å². The van der Waals surface area contributed by atoms with Gasteiger partial charge in [0, 0.05) is 24.9 Å². The molecular weight excluding hydrogens is 414 g/mol. The minimum atomic E-state index is -0.533. The van der Waals surface area contributed by atoms with Gasteiger partial charge in [0.15, 0.2) is 0 Å². The summed E-state index contributed by atoms with van der Waals surface area (Å²) in [5.74, 6) is 1.68. The molecule has 1 aliphatic rings. The number of fused-ring (bicyclic) bond motifs is 1. The molecule has 0 saturated heterocycles. The van der Waals surface area contributed by atoms with Crippen molar-refractivity contribution in [2.24, 2.45) is 0 Å². The van der Waals surface area contributed by atoms with E-state index in [1.807, 2.05) is 36.4 Å². The normalized spacial score (nSPS) is 18.8. The first-order valence-corrected chi connectivity index (χ1v) is 11.3. The molecule has 2 unspecified atom stereocenters. The molecule has 5 heteroatoms. The quantitative estimate of drug-likeness (QED) is 0.455. The van der Waals surface area contributed by atoms with Crippen LogP contribution in [-0.4, -0.2) is 25.9 Å². The Balaban J connectivity index is 1.52. The largest absolute Gasteiger partial charge is 0.497 e. The lowest BCUT2D eigenvalue weighted by Gasteiger charge is -2.44. The van der Waals surface area contributed by atoms with Gasteiger partial charge in [-0.3, -0.25) is 0 Å². The SMILES string of the molecule is COc1ccc(CNc2ccc3c(c2)C(OC)C(OCc2ccccc2C)C(C)(C)O3)cc1. The summed E-state index contributed by atoms with van der Waals surface area (Å²) in [6.45, 7) is 7.43. The second-order valence-electron chi connectivity index (χ2n) is 8.97. The molecule has 0 aromatic heterocycles. The molecule has 0 bridgehead atoms. The lowest BCUT2D eigenvalue weighted by molar-refractivity contribution is -0.159. The molecule has 33 heavy (non-hydrogen) atoms. The minimum Gasteiger partial charge on any atom is -0.497 e. The number of ether oxygens (including phenoxy) is 4. The van der Waals surface area contributed by atoms with E-state index in [9.17, 15) is 0 Å². The van der Waals surface area contributed by atoms with Crippen molar-refractivity contribution in [3.63, 3.8) is 0 Å². The third kappa shape index (κ3) is 5.15. The first-order valence-electron chi connectivity index (χ1n) is 11.3. The molecule has 0 fully saturated rings. The Morgan fingerprint density at radius 3 is 2.42 bits per heavy atom. The predicted octanol–water partition coefficient (Wildman–Crippen LogP) is 6.06. The highest BCUT2D eigenvalue weighted by molar-refractivity contribution is 5.54. The van der Waals surface area contributed by atoms with Crippen LogP contribution in [0.25, 0.3) is 0 Å². The molecule has 1 heterocycles. The van der Waals surface area contributed by atoms with Gasteiger partial charge in [-0.15, -0.1) is 0 Å². The van der Waals surface area contributed by atoms with E-state index < -0.39 is 5.60 Å². The maximum Gasteiger partial charge on any atom is 0.132 e. The van der Waals surface area contributed by atoms with Crippen LogP contribution in [-0.2, 0) is 22.6 Å². The topological polar surface area (TPSA) is 49.0 Å². The molecule has 1 N–H and O–H groups in total. The summed E-state index contributed by atoms with van der Waals surface area (Å²) >= 11 is 0. The van der Waals surface area contributed by atoms with E-state index in [1.54, 1.807) is 14.2 Å². The summed E-state index contributed by atoms with van der Waals surface area (Å²) in [5, 5.41) is 3.50. The van der Waals surface area contributed by atoms with Gasteiger partial charge in [-0.25, -0.2) is 0 Å². The highest BCUT2D eigenvalue weighted by Crippen LogP contribution is 2.44. The number of nitrogens with one attached hydrogen (secondary N) is 1. The fourth-order valence-corrected chi connectivity index (χ4v) is 4.28. The van der Waals surface area contributed by atoms with Crippen LogP contribution in [0.5, 0.6) is 11.5 Å². The van der Waals surface area contributed by atoms with E-state index in [4.69, 9.17) is 18.9 Å². The molecule has 174 valence electrons. The summed E-state index contributed by atoms with van der Waals surface area (Å²) in [6.07, 6.45) is -0.498. The Kier molecular flexibility index (Phi) is 6.91. The zero-order chi connectivity index (χ0) is 23.4. The van der Waals surface area contributed by atoms with E-state index in [1.165, 1.54) is 16.7 Å². The fraction of sp³-hybridized carbons (Fsp3) is 0.357. The second-order valence-corrected chi connectivity index (χ2v) is 8.97. The Labute approximate surface area is 196 Å². The van der Waals surface area contributed by atoms with Gasteiger partial charge in [-0.1, -0.05) is 36.4 Å². The molecule has 0 spiro atoms. The van der Waals surface area contributed by atoms with Crippen LogP contribution in [0, 0.1) is 6.92 Å². The van der Waals surface area contributed by atoms with Crippen LogP contribution in [0.4, 0.5) is 5.69 Å². The predicted molar refractivity (Wildman–Crippen MR) is 131 cm³/mol. The lowest BCUT2D eigenvalue weighted by atomic mass is 9.87. The zero-order valence-electron chi connectivity index (χ0n) is 20.1. The highest BCUT2D eigenvalue weighted by Gasteiger charge is 2.45. The van der Waals surface area contributed by atoms with Crippen LogP contribution in [0.3, 0.4) is 0 Å².